The molecule has 0 fully saturated rings. The van der Waals surface area contributed by atoms with Crippen LogP contribution < -0.4 is 5.32 Å². The van der Waals surface area contributed by atoms with Gasteiger partial charge in [0.25, 0.3) is 5.91 Å². The number of rotatable bonds is 2. The zero-order chi connectivity index (χ0) is 14.0. The van der Waals surface area contributed by atoms with Crippen LogP contribution in [0.1, 0.15) is 15.9 Å². The summed E-state index contributed by atoms with van der Waals surface area (Å²) in [5.74, 6) is -0.122. The van der Waals surface area contributed by atoms with Crippen LogP contribution in [0.2, 0.25) is 0 Å². The van der Waals surface area contributed by atoms with Gasteiger partial charge < -0.3 is 10.4 Å². The Hall–Kier alpha value is -1.08. The lowest BCUT2D eigenvalue weighted by Crippen LogP contribution is -2.12. The minimum atomic E-state index is -0.244. The number of hydrogen-bond donors (Lipinski definition) is 2. The maximum absolute atomic E-state index is 12.1. The van der Waals surface area contributed by atoms with E-state index in [4.69, 9.17) is 0 Å². The van der Waals surface area contributed by atoms with Crippen LogP contribution >= 0.6 is 38.5 Å². The zero-order valence-corrected chi connectivity index (χ0v) is 13.8. The number of anilines is 1. The summed E-state index contributed by atoms with van der Waals surface area (Å²) in [6.45, 7) is 1.79. The van der Waals surface area contributed by atoms with E-state index in [2.05, 4.69) is 43.8 Å². The number of amides is 1. The second-order valence-corrected chi connectivity index (χ2v) is 6.16. The molecule has 0 saturated heterocycles. The zero-order valence-electron chi connectivity index (χ0n) is 10.1. The van der Waals surface area contributed by atoms with Crippen molar-refractivity contribution in [3.63, 3.8) is 0 Å². The van der Waals surface area contributed by atoms with Gasteiger partial charge in [-0.2, -0.15) is 0 Å². The summed E-state index contributed by atoms with van der Waals surface area (Å²) in [6.07, 6.45) is 0. The van der Waals surface area contributed by atoms with E-state index >= 15 is 0 Å². The van der Waals surface area contributed by atoms with Crippen LogP contribution in [-0.2, 0) is 0 Å². The number of halogens is 2. The molecule has 19 heavy (non-hydrogen) atoms. The molecule has 0 atom stereocenters. The summed E-state index contributed by atoms with van der Waals surface area (Å²) in [5, 5.41) is 12.5. The van der Waals surface area contributed by atoms with Gasteiger partial charge in [-0.25, -0.2) is 0 Å². The van der Waals surface area contributed by atoms with E-state index in [9.17, 15) is 9.90 Å². The molecule has 5 heteroatoms. The highest BCUT2D eigenvalue weighted by Crippen LogP contribution is 2.24. The monoisotopic (exact) mass is 431 g/mol. The van der Waals surface area contributed by atoms with Gasteiger partial charge in [0.2, 0.25) is 0 Å². The van der Waals surface area contributed by atoms with Crippen LogP contribution in [0.25, 0.3) is 0 Å². The maximum atomic E-state index is 12.1. The van der Waals surface area contributed by atoms with E-state index in [0.717, 1.165) is 19.3 Å². The molecule has 0 aliphatic heterocycles. The Morgan fingerprint density at radius 2 is 2.00 bits per heavy atom. The molecule has 0 aliphatic carbocycles. The van der Waals surface area contributed by atoms with E-state index in [1.54, 1.807) is 19.1 Å². The summed E-state index contributed by atoms with van der Waals surface area (Å²) in [6, 6.07) is 10.5. The Labute approximate surface area is 133 Å². The minimum absolute atomic E-state index is 0.122. The third-order valence-corrected chi connectivity index (χ3v) is 4.08. The van der Waals surface area contributed by atoms with Gasteiger partial charge in [-0.1, -0.05) is 22.0 Å². The molecule has 3 nitrogen and oxygen atoms in total. The van der Waals surface area contributed by atoms with Gasteiger partial charge in [0, 0.05) is 13.6 Å². The fourth-order valence-electron chi connectivity index (χ4n) is 1.54. The number of hydrogen-bond acceptors (Lipinski definition) is 2. The summed E-state index contributed by atoms with van der Waals surface area (Å²) in [5.41, 5.74) is 1.91. The fourth-order valence-corrected chi connectivity index (χ4v) is 2.37. The molecule has 2 N–H and O–H groups in total. The molecule has 1 amide bonds. The molecule has 2 aromatic carbocycles. The van der Waals surface area contributed by atoms with E-state index in [1.165, 1.54) is 6.07 Å². The second kappa shape index (κ2) is 5.92. The molecule has 2 rings (SSSR count). The van der Waals surface area contributed by atoms with Crippen molar-refractivity contribution in [3.8, 4) is 5.75 Å². The van der Waals surface area contributed by atoms with Gasteiger partial charge in [0.05, 0.1) is 5.69 Å². The Morgan fingerprint density at radius 3 is 2.68 bits per heavy atom. The number of nitrogens with one attached hydrogen (secondary N) is 1. The summed E-state index contributed by atoms with van der Waals surface area (Å²) >= 11 is 5.53. The van der Waals surface area contributed by atoms with E-state index in [-0.39, 0.29) is 11.7 Å². The number of aryl methyl sites for hydroxylation is 1. The van der Waals surface area contributed by atoms with Gasteiger partial charge in [-0.3, -0.25) is 4.79 Å². The molecule has 98 valence electrons. The molecular formula is C14H11BrINO2. The molecular weight excluding hydrogens is 421 g/mol. The van der Waals surface area contributed by atoms with Crippen molar-refractivity contribution in [3.05, 3.63) is 55.6 Å². The first-order valence-electron chi connectivity index (χ1n) is 5.53. The molecule has 0 bridgehead atoms. The molecule has 0 saturated carbocycles. The van der Waals surface area contributed by atoms with Crippen molar-refractivity contribution in [2.45, 2.75) is 6.92 Å². The van der Waals surface area contributed by atoms with Gasteiger partial charge >= 0.3 is 0 Å². The fraction of sp³-hybridized carbons (Fsp3) is 0.0714. The van der Waals surface area contributed by atoms with Gasteiger partial charge in [0.15, 0.2) is 0 Å². The lowest BCUT2D eigenvalue weighted by molar-refractivity contribution is 0.102. The molecule has 0 unspecified atom stereocenters. The molecule has 2 aromatic rings. The Morgan fingerprint density at radius 1 is 1.26 bits per heavy atom. The van der Waals surface area contributed by atoms with Crippen molar-refractivity contribution in [2.75, 3.05) is 5.32 Å². The summed E-state index contributed by atoms with van der Waals surface area (Å²) in [7, 11) is 0. The minimum Gasteiger partial charge on any atom is -0.508 e. The highest BCUT2D eigenvalue weighted by atomic mass is 127. The highest BCUT2D eigenvalue weighted by Gasteiger charge is 2.10. The number of carbonyl (C=O) groups is 1. The largest absolute Gasteiger partial charge is 0.508 e. The van der Waals surface area contributed by atoms with Crippen molar-refractivity contribution < 1.29 is 9.90 Å². The molecule has 0 radical (unpaired) electrons. The normalized spacial score (nSPS) is 10.3. The van der Waals surface area contributed by atoms with Gasteiger partial charge in [0.1, 0.15) is 5.75 Å². The molecule has 0 spiro atoms. The first-order chi connectivity index (χ1) is 8.97. The Kier molecular flexibility index (Phi) is 4.46. The van der Waals surface area contributed by atoms with Crippen molar-refractivity contribution >= 4 is 50.1 Å². The predicted octanol–water partition coefficient (Wildman–Crippen LogP) is 4.32. The van der Waals surface area contributed by atoms with E-state index in [1.807, 2.05) is 18.2 Å². The predicted molar refractivity (Wildman–Crippen MR) is 87.7 cm³/mol. The van der Waals surface area contributed by atoms with E-state index in [0.29, 0.717) is 5.56 Å². The number of phenolic OH excluding ortho intramolecular Hbond substituents is 1. The van der Waals surface area contributed by atoms with Crippen molar-refractivity contribution in [2.24, 2.45) is 0 Å². The molecule has 0 aliphatic rings. The lowest BCUT2D eigenvalue weighted by atomic mass is 10.1. The second-order valence-electron chi connectivity index (χ2n) is 4.08. The van der Waals surface area contributed by atoms with Gasteiger partial charge in [-0.05, 0) is 65.4 Å². The summed E-state index contributed by atoms with van der Waals surface area (Å²) < 4.78 is 1.85. The third kappa shape index (κ3) is 3.48. The first kappa shape index (κ1) is 14.3. The number of phenols is 1. The SMILES string of the molecule is Cc1ccc(C(=O)Nc2cc(Br)ccc2I)cc1O. The maximum Gasteiger partial charge on any atom is 0.255 e. The average Bonchev–Trinajstić information content (AvgIpc) is 2.37. The quantitative estimate of drug-likeness (QED) is 0.695. The van der Waals surface area contributed by atoms with Crippen LogP contribution in [-0.4, -0.2) is 11.0 Å². The molecule has 0 heterocycles. The number of carbonyl (C=O) groups excluding carboxylic acids is 1. The van der Waals surface area contributed by atoms with Crippen LogP contribution in [0, 0.1) is 10.5 Å². The van der Waals surface area contributed by atoms with Crippen molar-refractivity contribution in [1.82, 2.24) is 0 Å². The van der Waals surface area contributed by atoms with Gasteiger partial charge in [-0.15, -0.1) is 0 Å². The third-order valence-electron chi connectivity index (χ3n) is 2.65. The standard InChI is InChI=1S/C14H11BrINO2/c1-8-2-3-9(6-13(8)18)14(19)17-12-7-10(15)4-5-11(12)16/h2-7,18H,1H3,(H,17,19). The number of benzene rings is 2. The van der Waals surface area contributed by atoms with Crippen LogP contribution in [0.5, 0.6) is 5.75 Å². The van der Waals surface area contributed by atoms with E-state index < -0.39 is 0 Å². The lowest BCUT2D eigenvalue weighted by Gasteiger charge is -2.09. The van der Waals surface area contributed by atoms with Crippen LogP contribution in [0.4, 0.5) is 5.69 Å². The topological polar surface area (TPSA) is 49.3 Å². The van der Waals surface area contributed by atoms with Crippen molar-refractivity contribution in [1.29, 1.82) is 0 Å². The first-order valence-corrected chi connectivity index (χ1v) is 7.40. The number of aromatic hydroxyl groups is 1. The molecule has 0 aromatic heterocycles. The average molecular weight is 432 g/mol. The highest BCUT2D eigenvalue weighted by molar-refractivity contribution is 14.1. The van der Waals surface area contributed by atoms with Crippen LogP contribution in [0.3, 0.4) is 0 Å². The Bertz CT molecular complexity index is 643. The smallest absolute Gasteiger partial charge is 0.255 e. The Balaban J connectivity index is 2.25. The summed E-state index contributed by atoms with van der Waals surface area (Å²) in [4.78, 5) is 12.1. The van der Waals surface area contributed by atoms with Crippen LogP contribution in [0.15, 0.2) is 40.9 Å².